The largest absolute Gasteiger partial charge is 0.390 e. The van der Waals surface area contributed by atoms with E-state index in [1.165, 1.54) is 18.3 Å². The van der Waals surface area contributed by atoms with E-state index < -0.39 is 23.1 Å². The third-order valence-electron chi connectivity index (χ3n) is 7.10. The summed E-state index contributed by atoms with van der Waals surface area (Å²) in [7, 11) is 0. The lowest BCUT2D eigenvalue weighted by Gasteiger charge is -2.33. The maximum absolute atomic E-state index is 15.0. The van der Waals surface area contributed by atoms with Crippen molar-refractivity contribution in [2.24, 2.45) is 0 Å². The summed E-state index contributed by atoms with van der Waals surface area (Å²) in [5, 5.41) is 13.0. The zero-order valence-corrected chi connectivity index (χ0v) is 19.2. The van der Waals surface area contributed by atoms with E-state index >= 15 is 4.39 Å². The first kappa shape index (κ1) is 23.6. The van der Waals surface area contributed by atoms with Crippen LogP contribution in [0.15, 0.2) is 24.4 Å². The number of nitrogens with zero attached hydrogens (tertiary/aromatic N) is 2. The Morgan fingerprint density at radius 1 is 1.27 bits per heavy atom. The summed E-state index contributed by atoms with van der Waals surface area (Å²) < 4.78 is 29.9. The Hall–Kier alpha value is -2.58. The van der Waals surface area contributed by atoms with Crippen molar-refractivity contribution in [3.8, 4) is 11.1 Å². The number of halogens is 2. The number of aromatic nitrogens is 1. The van der Waals surface area contributed by atoms with Gasteiger partial charge in [-0.1, -0.05) is 12.1 Å². The molecule has 6 nitrogen and oxygen atoms in total. The molecule has 2 heterocycles. The molecule has 2 fully saturated rings. The average molecular weight is 459 g/mol. The highest BCUT2D eigenvalue weighted by Gasteiger charge is 2.30. The van der Waals surface area contributed by atoms with Gasteiger partial charge in [0.2, 0.25) is 0 Å². The van der Waals surface area contributed by atoms with Crippen molar-refractivity contribution in [2.75, 3.05) is 12.3 Å². The van der Waals surface area contributed by atoms with E-state index in [0.717, 1.165) is 19.4 Å². The molecule has 1 aliphatic heterocycles. The van der Waals surface area contributed by atoms with Gasteiger partial charge in [0.25, 0.3) is 5.91 Å². The van der Waals surface area contributed by atoms with Crippen LogP contribution < -0.4 is 11.1 Å². The molecular formula is C25H32F2N4O2. The Bertz CT molecular complexity index is 1030. The van der Waals surface area contributed by atoms with Crippen molar-refractivity contribution >= 4 is 11.7 Å². The highest BCUT2D eigenvalue weighted by Crippen LogP contribution is 2.31. The van der Waals surface area contributed by atoms with E-state index in [4.69, 9.17) is 5.73 Å². The van der Waals surface area contributed by atoms with Crippen LogP contribution in [0.1, 0.15) is 68.3 Å². The molecule has 1 aromatic carbocycles. The number of nitrogen functional groups attached to an aromatic ring is 1. The van der Waals surface area contributed by atoms with E-state index in [0.29, 0.717) is 49.4 Å². The van der Waals surface area contributed by atoms with Gasteiger partial charge >= 0.3 is 0 Å². The molecule has 1 aromatic heterocycles. The second kappa shape index (κ2) is 9.35. The quantitative estimate of drug-likeness (QED) is 0.630. The first-order valence-corrected chi connectivity index (χ1v) is 11.6. The Balaban J connectivity index is 1.53. The Labute approximate surface area is 193 Å². The fourth-order valence-corrected chi connectivity index (χ4v) is 4.83. The minimum Gasteiger partial charge on any atom is -0.390 e. The predicted molar refractivity (Wildman–Crippen MR) is 123 cm³/mol. The number of benzene rings is 1. The highest BCUT2D eigenvalue weighted by atomic mass is 19.2. The van der Waals surface area contributed by atoms with Gasteiger partial charge in [-0.25, -0.2) is 13.8 Å². The maximum atomic E-state index is 15.0. The Morgan fingerprint density at radius 2 is 2.00 bits per heavy atom. The van der Waals surface area contributed by atoms with Crippen molar-refractivity contribution in [2.45, 2.75) is 76.6 Å². The summed E-state index contributed by atoms with van der Waals surface area (Å²) >= 11 is 0. The number of hydrogen-bond acceptors (Lipinski definition) is 5. The smallest absolute Gasteiger partial charge is 0.255 e. The molecule has 0 radical (unpaired) electrons. The van der Waals surface area contributed by atoms with Crippen LogP contribution in [0.5, 0.6) is 0 Å². The number of hydrogen-bond donors (Lipinski definition) is 3. The van der Waals surface area contributed by atoms with Crippen molar-refractivity contribution in [1.82, 2.24) is 15.2 Å². The van der Waals surface area contributed by atoms with Crippen LogP contribution >= 0.6 is 0 Å². The molecule has 2 aliphatic rings. The lowest BCUT2D eigenvalue weighted by molar-refractivity contribution is 0.0140. The molecule has 178 valence electrons. The van der Waals surface area contributed by atoms with Crippen LogP contribution in [-0.4, -0.2) is 45.1 Å². The lowest BCUT2D eigenvalue weighted by Crippen LogP contribution is -2.42. The lowest BCUT2D eigenvalue weighted by atomic mass is 9.83. The molecule has 1 unspecified atom stereocenters. The molecule has 8 heteroatoms. The number of likely N-dealkylation sites (tertiary alicyclic amines) is 1. The zero-order chi connectivity index (χ0) is 23.8. The van der Waals surface area contributed by atoms with Gasteiger partial charge in [0.1, 0.15) is 5.82 Å². The molecule has 33 heavy (non-hydrogen) atoms. The number of anilines is 1. The number of nitrogens with one attached hydrogen (secondary N) is 1. The minimum absolute atomic E-state index is 0.0274. The predicted octanol–water partition coefficient (Wildman–Crippen LogP) is 4.02. The summed E-state index contributed by atoms with van der Waals surface area (Å²) in [6.45, 7) is 5.13. The van der Waals surface area contributed by atoms with Crippen molar-refractivity contribution < 1.29 is 18.7 Å². The van der Waals surface area contributed by atoms with Gasteiger partial charge in [0, 0.05) is 41.5 Å². The number of amides is 1. The van der Waals surface area contributed by atoms with E-state index in [2.05, 4.69) is 22.1 Å². The molecule has 1 amide bonds. The van der Waals surface area contributed by atoms with E-state index in [9.17, 15) is 14.3 Å². The fraction of sp³-hybridized carbons (Fsp3) is 0.520. The monoisotopic (exact) mass is 458 g/mol. The van der Waals surface area contributed by atoms with Crippen molar-refractivity contribution in [3.63, 3.8) is 0 Å². The molecule has 1 saturated heterocycles. The maximum Gasteiger partial charge on any atom is 0.255 e. The minimum atomic E-state index is -0.952. The van der Waals surface area contributed by atoms with Crippen LogP contribution in [0.25, 0.3) is 11.1 Å². The summed E-state index contributed by atoms with van der Waals surface area (Å²) in [6.07, 6.45) is 5.97. The second-order valence-electron chi connectivity index (χ2n) is 9.76. The molecule has 1 aliphatic carbocycles. The summed E-state index contributed by atoms with van der Waals surface area (Å²) in [5.41, 5.74) is 6.00. The highest BCUT2D eigenvalue weighted by molar-refractivity contribution is 5.99. The first-order valence-electron chi connectivity index (χ1n) is 11.6. The van der Waals surface area contributed by atoms with Gasteiger partial charge in [0.05, 0.1) is 11.2 Å². The van der Waals surface area contributed by atoms with Gasteiger partial charge in [-0.15, -0.1) is 0 Å². The summed E-state index contributed by atoms with van der Waals surface area (Å²) in [6, 6.07) is 4.86. The molecule has 4 N–H and O–H groups in total. The molecular weight excluding hydrogens is 426 g/mol. The fourth-order valence-electron chi connectivity index (χ4n) is 4.83. The average Bonchev–Trinajstić information content (AvgIpc) is 3.18. The van der Waals surface area contributed by atoms with Crippen LogP contribution in [0, 0.1) is 11.6 Å². The third kappa shape index (κ3) is 5.17. The van der Waals surface area contributed by atoms with E-state index in [1.807, 2.05) is 0 Å². The number of rotatable bonds is 5. The molecule has 0 spiro atoms. The summed E-state index contributed by atoms with van der Waals surface area (Å²) in [5.74, 6) is -2.20. The SMILES string of the molecule is CC1CCCN1Cc1ccc(-c2cnc(N)c(C(=O)NC3CCC(C)(O)CC3)c2)c(F)c1F. The normalized spacial score (nSPS) is 25.8. The van der Waals surface area contributed by atoms with Crippen molar-refractivity contribution in [1.29, 1.82) is 0 Å². The number of pyridine rings is 1. The van der Waals surface area contributed by atoms with E-state index in [-0.39, 0.29) is 23.0 Å². The Morgan fingerprint density at radius 3 is 2.67 bits per heavy atom. The van der Waals surface area contributed by atoms with Gasteiger partial charge < -0.3 is 16.2 Å². The van der Waals surface area contributed by atoms with Crippen LogP contribution in [0.4, 0.5) is 14.6 Å². The van der Waals surface area contributed by atoms with Crippen LogP contribution in [0.3, 0.4) is 0 Å². The van der Waals surface area contributed by atoms with Crippen LogP contribution in [0.2, 0.25) is 0 Å². The molecule has 2 aromatic rings. The number of carbonyl (C=O) groups excluding carboxylic acids is 1. The molecule has 4 rings (SSSR count). The zero-order valence-electron chi connectivity index (χ0n) is 19.2. The van der Waals surface area contributed by atoms with Gasteiger partial charge in [0.15, 0.2) is 11.6 Å². The topological polar surface area (TPSA) is 91.5 Å². The van der Waals surface area contributed by atoms with Gasteiger partial charge in [-0.2, -0.15) is 0 Å². The standard InChI is InChI=1S/C25H32F2N4O2/c1-15-4-3-11-31(15)14-16-5-6-19(22(27)21(16)26)17-12-20(23(28)29-13-17)24(32)30-18-7-9-25(2,33)10-8-18/h5-6,12-13,15,18,33H,3-4,7-11,14H2,1-2H3,(H2,28,29)(H,30,32). The van der Waals surface area contributed by atoms with E-state index in [1.54, 1.807) is 13.0 Å². The second-order valence-corrected chi connectivity index (χ2v) is 9.76. The number of nitrogens with two attached hydrogens (primary N) is 1. The van der Waals surface area contributed by atoms with Crippen LogP contribution in [-0.2, 0) is 6.54 Å². The third-order valence-corrected chi connectivity index (χ3v) is 7.10. The van der Waals surface area contributed by atoms with Gasteiger partial charge in [-0.05, 0) is 65.0 Å². The molecule has 1 saturated carbocycles. The summed E-state index contributed by atoms with van der Waals surface area (Å²) in [4.78, 5) is 19.0. The number of carbonyl (C=O) groups is 1. The van der Waals surface area contributed by atoms with Crippen molar-refractivity contribution in [3.05, 3.63) is 47.2 Å². The first-order chi connectivity index (χ1) is 15.6. The Kier molecular flexibility index (Phi) is 6.68. The molecule has 0 bridgehead atoms. The molecule has 1 atom stereocenters. The van der Waals surface area contributed by atoms with Gasteiger partial charge in [-0.3, -0.25) is 9.69 Å². The number of aliphatic hydroxyl groups is 1.